The highest BCUT2D eigenvalue weighted by molar-refractivity contribution is 4.80. The van der Waals surface area contributed by atoms with Crippen molar-refractivity contribution in [2.24, 2.45) is 0 Å². The predicted molar refractivity (Wildman–Crippen MR) is 51.1 cm³/mol. The Bertz CT molecular complexity index is 119. The number of hydrogen-bond acceptors (Lipinski definition) is 2. The highest BCUT2D eigenvalue weighted by Gasteiger charge is 1.91. The minimum Gasteiger partial charge on any atom is -0.481 e. The normalized spacial score (nSPS) is 11.7. The summed E-state index contributed by atoms with van der Waals surface area (Å²) < 4.78 is 5.05. The van der Waals surface area contributed by atoms with Crippen LogP contribution in [0.3, 0.4) is 0 Å². The summed E-state index contributed by atoms with van der Waals surface area (Å²) in [7, 11) is 0. The zero-order chi connectivity index (χ0) is 9.23. The van der Waals surface area contributed by atoms with Crippen molar-refractivity contribution < 1.29 is 9.84 Å². The smallest absolute Gasteiger partial charge is 0.272 e. The van der Waals surface area contributed by atoms with Crippen LogP contribution >= 0.6 is 0 Å². The standard InChI is InChI=1S/C10H20O2/c1-3-5-7-8-10(11)12-9-6-4-2/h8,11H,3-7,9H2,1-2H3. The van der Waals surface area contributed by atoms with E-state index in [4.69, 9.17) is 9.84 Å². The number of aliphatic hydroxyl groups excluding tert-OH is 1. The van der Waals surface area contributed by atoms with Crippen molar-refractivity contribution in [2.45, 2.75) is 46.0 Å². The monoisotopic (exact) mass is 172 g/mol. The van der Waals surface area contributed by atoms with Crippen molar-refractivity contribution >= 4 is 0 Å². The Morgan fingerprint density at radius 3 is 2.50 bits per heavy atom. The summed E-state index contributed by atoms with van der Waals surface area (Å²) in [5, 5.41) is 9.14. The Morgan fingerprint density at radius 1 is 1.25 bits per heavy atom. The highest BCUT2D eigenvalue weighted by Crippen LogP contribution is 2.01. The van der Waals surface area contributed by atoms with Crippen molar-refractivity contribution in [3.05, 3.63) is 12.0 Å². The molecule has 0 aliphatic carbocycles. The largest absolute Gasteiger partial charge is 0.481 e. The third kappa shape index (κ3) is 7.45. The van der Waals surface area contributed by atoms with Gasteiger partial charge in [0.05, 0.1) is 6.61 Å². The fourth-order valence-corrected chi connectivity index (χ4v) is 0.810. The van der Waals surface area contributed by atoms with Crippen LogP contribution in [0.25, 0.3) is 0 Å². The number of hydrogen-bond donors (Lipinski definition) is 1. The van der Waals surface area contributed by atoms with Gasteiger partial charge in [-0.2, -0.15) is 0 Å². The van der Waals surface area contributed by atoms with Gasteiger partial charge in [-0.05, 0) is 25.3 Å². The van der Waals surface area contributed by atoms with Crippen LogP contribution in [0.5, 0.6) is 0 Å². The van der Waals surface area contributed by atoms with Crippen molar-refractivity contribution in [1.29, 1.82) is 0 Å². The van der Waals surface area contributed by atoms with Crippen LogP contribution in [-0.2, 0) is 4.74 Å². The Morgan fingerprint density at radius 2 is 1.92 bits per heavy atom. The van der Waals surface area contributed by atoms with Crippen molar-refractivity contribution in [3.8, 4) is 0 Å². The minimum absolute atomic E-state index is 0.0944. The van der Waals surface area contributed by atoms with Gasteiger partial charge in [0.2, 0.25) is 0 Å². The predicted octanol–water partition coefficient (Wildman–Crippen LogP) is 3.39. The van der Waals surface area contributed by atoms with Gasteiger partial charge in [-0.3, -0.25) is 0 Å². The molecule has 0 aromatic rings. The lowest BCUT2D eigenvalue weighted by Crippen LogP contribution is -1.93. The summed E-state index contributed by atoms with van der Waals surface area (Å²) in [4.78, 5) is 0. The SMILES string of the molecule is CCCCC=C(O)OCCCC. The molecule has 0 bridgehead atoms. The van der Waals surface area contributed by atoms with Gasteiger partial charge in [-0.25, -0.2) is 0 Å². The summed E-state index contributed by atoms with van der Waals surface area (Å²) in [5.41, 5.74) is 0. The molecule has 0 aromatic carbocycles. The van der Waals surface area contributed by atoms with Crippen LogP contribution in [0.2, 0.25) is 0 Å². The number of allylic oxidation sites excluding steroid dienone is 1. The van der Waals surface area contributed by atoms with E-state index in [0.717, 1.165) is 32.1 Å². The lowest BCUT2D eigenvalue weighted by Gasteiger charge is -2.02. The molecule has 0 heterocycles. The summed E-state index contributed by atoms with van der Waals surface area (Å²) in [6.45, 7) is 4.86. The number of unbranched alkanes of at least 4 members (excludes halogenated alkanes) is 3. The van der Waals surface area contributed by atoms with E-state index in [9.17, 15) is 0 Å². The van der Waals surface area contributed by atoms with E-state index < -0.39 is 0 Å². The van der Waals surface area contributed by atoms with E-state index in [0.29, 0.717) is 6.61 Å². The van der Waals surface area contributed by atoms with Gasteiger partial charge in [0.25, 0.3) is 5.95 Å². The van der Waals surface area contributed by atoms with Gasteiger partial charge in [-0.1, -0.05) is 26.7 Å². The number of ether oxygens (including phenoxy) is 1. The highest BCUT2D eigenvalue weighted by atomic mass is 16.6. The Balaban J connectivity index is 3.29. The zero-order valence-corrected chi connectivity index (χ0v) is 8.18. The maximum Gasteiger partial charge on any atom is 0.272 e. The number of aliphatic hydroxyl groups is 1. The first-order chi connectivity index (χ1) is 5.81. The summed E-state index contributed by atoms with van der Waals surface area (Å²) in [6.07, 6.45) is 7.03. The molecule has 72 valence electrons. The minimum atomic E-state index is 0.0944. The van der Waals surface area contributed by atoms with E-state index in [2.05, 4.69) is 13.8 Å². The first kappa shape index (κ1) is 11.3. The van der Waals surface area contributed by atoms with E-state index in [1.807, 2.05) is 0 Å². The van der Waals surface area contributed by atoms with Crippen molar-refractivity contribution in [3.63, 3.8) is 0 Å². The number of rotatable bonds is 7. The molecule has 0 amide bonds. The topological polar surface area (TPSA) is 29.5 Å². The van der Waals surface area contributed by atoms with Gasteiger partial charge in [-0.15, -0.1) is 0 Å². The fourth-order valence-electron chi connectivity index (χ4n) is 0.810. The van der Waals surface area contributed by atoms with Crippen LogP contribution in [0, 0.1) is 0 Å². The fraction of sp³-hybridized carbons (Fsp3) is 0.800. The molecule has 0 rings (SSSR count). The summed E-state index contributed by atoms with van der Waals surface area (Å²) in [5.74, 6) is 0.0944. The van der Waals surface area contributed by atoms with Gasteiger partial charge in [0.15, 0.2) is 0 Å². The van der Waals surface area contributed by atoms with Crippen molar-refractivity contribution in [2.75, 3.05) is 6.61 Å². The third-order valence-corrected chi connectivity index (χ3v) is 1.62. The van der Waals surface area contributed by atoms with Crippen LogP contribution in [0.15, 0.2) is 12.0 Å². The van der Waals surface area contributed by atoms with E-state index in [-0.39, 0.29) is 5.95 Å². The van der Waals surface area contributed by atoms with E-state index >= 15 is 0 Å². The lowest BCUT2D eigenvalue weighted by molar-refractivity contribution is 0.0900. The molecule has 0 radical (unpaired) electrons. The molecule has 0 spiro atoms. The molecular weight excluding hydrogens is 152 g/mol. The molecule has 1 N–H and O–H groups in total. The van der Waals surface area contributed by atoms with E-state index in [1.54, 1.807) is 6.08 Å². The molecule has 0 fully saturated rings. The van der Waals surface area contributed by atoms with Gasteiger partial charge < -0.3 is 9.84 Å². The quantitative estimate of drug-likeness (QED) is 0.471. The third-order valence-electron chi connectivity index (χ3n) is 1.62. The summed E-state index contributed by atoms with van der Waals surface area (Å²) >= 11 is 0. The van der Waals surface area contributed by atoms with Crippen LogP contribution in [-0.4, -0.2) is 11.7 Å². The Kier molecular flexibility index (Phi) is 7.97. The maximum absolute atomic E-state index is 9.14. The van der Waals surface area contributed by atoms with Gasteiger partial charge in [0, 0.05) is 0 Å². The molecule has 2 heteroatoms. The molecule has 0 saturated heterocycles. The maximum atomic E-state index is 9.14. The molecule has 0 aliphatic heterocycles. The zero-order valence-electron chi connectivity index (χ0n) is 8.18. The van der Waals surface area contributed by atoms with Crippen LogP contribution < -0.4 is 0 Å². The lowest BCUT2D eigenvalue weighted by atomic mass is 10.2. The average Bonchev–Trinajstić information content (AvgIpc) is 2.06. The van der Waals surface area contributed by atoms with Crippen LogP contribution in [0.1, 0.15) is 46.0 Å². The van der Waals surface area contributed by atoms with Crippen LogP contribution in [0.4, 0.5) is 0 Å². The molecule has 2 nitrogen and oxygen atoms in total. The molecule has 0 aromatic heterocycles. The second kappa shape index (κ2) is 8.44. The first-order valence-corrected chi connectivity index (χ1v) is 4.83. The molecule has 0 saturated carbocycles. The van der Waals surface area contributed by atoms with Gasteiger partial charge in [0.1, 0.15) is 0 Å². The Labute approximate surface area is 75.2 Å². The molecule has 12 heavy (non-hydrogen) atoms. The molecular formula is C10H20O2. The average molecular weight is 172 g/mol. The summed E-state index contributed by atoms with van der Waals surface area (Å²) in [6, 6.07) is 0. The molecule has 0 unspecified atom stereocenters. The van der Waals surface area contributed by atoms with Crippen molar-refractivity contribution in [1.82, 2.24) is 0 Å². The molecule has 0 aliphatic rings. The second-order valence-corrected chi connectivity index (χ2v) is 2.89. The first-order valence-electron chi connectivity index (χ1n) is 4.83. The second-order valence-electron chi connectivity index (χ2n) is 2.89. The van der Waals surface area contributed by atoms with E-state index in [1.165, 1.54) is 0 Å². The molecule has 0 atom stereocenters. The van der Waals surface area contributed by atoms with Gasteiger partial charge >= 0.3 is 0 Å². The Hall–Kier alpha value is -0.660.